The maximum atomic E-state index is 4.70. The second-order valence-electron chi connectivity index (χ2n) is 4.79. The fourth-order valence-electron chi connectivity index (χ4n) is 1.96. The van der Waals surface area contributed by atoms with E-state index in [0.29, 0.717) is 12.0 Å². The van der Waals surface area contributed by atoms with Crippen molar-refractivity contribution in [2.45, 2.75) is 32.2 Å². The molecule has 0 saturated carbocycles. The number of thiazole rings is 1. The Hall–Kier alpha value is -1.19. The third kappa shape index (κ3) is 3.18. The molecule has 0 aliphatic rings. The van der Waals surface area contributed by atoms with Crippen molar-refractivity contribution >= 4 is 11.3 Å². The van der Waals surface area contributed by atoms with Crippen LogP contribution in [0.5, 0.6) is 0 Å². The summed E-state index contributed by atoms with van der Waals surface area (Å²) in [5.74, 6) is 0.522. The summed E-state index contributed by atoms with van der Waals surface area (Å²) in [6.07, 6.45) is 0.948. The summed E-state index contributed by atoms with van der Waals surface area (Å²) in [5.41, 5.74) is 2.51. The van der Waals surface area contributed by atoms with Crippen molar-refractivity contribution in [1.29, 1.82) is 0 Å². The molecule has 3 heteroatoms. The van der Waals surface area contributed by atoms with Crippen LogP contribution in [0.4, 0.5) is 0 Å². The molecule has 0 fully saturated rings. The van der Waals surface area contributed by atoms with Gasteiger partial charge in [0.2, 0.25) is 0 Å². The zero-order chi connectivity index (χ0) is 13.0. The van der Waals surface area contributed by atoms with Gasteiger partial charge in [-0.05, 0) is 12.6 Å². The number of aromatic nitrogens is 1. The second-order valence-corrected chi connectivity index (χ2v) is 5.68. The van der Waals surface area contributed by atoms with Crippen molar-refractivity contribution in [2.24, 2.45) is 0 Å². The van der Waals surface area contributed by atoms with Crippen LogP contribution in [0.3, 0.4) is 0 Å². The Bertz CT molecular complexity index is 476. The minimum atomic E-state index is 0.341. The van der Waals surface area contributed by atoms with Gasteiger partial charge in [0, 0.05) is 23.8 Å². The van der Waals surface area contributed by atoms with Crippen molar-refractivity contribution in [3.05, 3.63) is 52.0 Å². The minimum Gasteiger partial charge on any atom is -0.313 e. The molecular formula is C15H20N2S. The lowest BCUT2D eigenvalue weighted by atomic mass is 10.0. The third-order valence-corrected chi connectivity index (χ3v) is 4.22. The van der Waals surface area contributed by atoms with E-state index in [-0.39, 0.29) is 0 Å². The van der Waals surface area contributed by atoms with Gasteiger partial charge in [0.15, 0.2) is 0 Å². The van der Waals surface area contributed by atoms with Gasteiger partial charge in [0.25, 0.3) is 0 Å². The lowest BCUT2D eigenvalue weighted by Crippen LogP contribution is -2.18. The standard InChI is InChI=1S/C15H20N2S/c1-11(2)15-17-13(10-18-15)9-14(16-3)12-7-5-4-6-8-12/h4-8,10-11,14,16H,9H2,1-3H3. The first-order chi connectivity index (χ1) is 8.70. The van der Waals surface area contributed by atoms with E-state index in [4.69, 9.17) is 4.98 Å². The summed E-state index contributed by atoms with van der Waals surface area (Å²) >= 11 is 1.77. The lowest BCUT2D eigenvalue weighted by molar-refractivity contribution is 0.584. The SMILES string of the molecule is CNC(Cc1csc(C(C)C)n1)c1ccccc1. The molecular weight excluding hydrogens is 240 g/mol. The van der Waals surface area contributed by atoms with Crippen molar-refractivity contribution in [1.82, 2.24) is 10.3 Å². The molecule has 1 unspecified atom stereocenters. The van der Waals surface area contributed by atoms with Crippen LogP contribution in [0, 0.1) is 0 Å². The molecule has 0 aliphatic carbocycles. The Morgan fingerprint density at radius 2 is 1.94 bits per heavy atom. The highest BCUT2D eigenvalue weighted by Crippen LogP contribution is 2.23. The summed E-state index contributed by atoms with van der Waals surface area (Å²) in [6, 6.07) is 10.9. The first kappa shape index (κ1) is 13.2. The maximum absolute atomic E-state index is 4.70. The highest BCUT2D eigenvalue weighted by Gasteiger charge is 2.12. The molecule has 1 aromatic carbocycles. The van der Waals surface area contributed by atoms with E-state index in [1.165, 1.54) is 16.3 Å². The Labute approximate surface area is 113 Å². The van der Waals surface area contributed by atoms with Crippen LogP contribution in [-0.4, -0.2) is 12.0 Å². The van der Waals surface area contributed by atoms with E-state index in [1.807, 2.05) is 7.05 Å². The monoisotopic (exact) mass is 260 g/mol. The molecule has 0 saturated heterocycles. The minimum absolute atomic E-state index is 0.341. The van der Waals surface area contributed by atoms with Crippen LogP contribution in [0.25, 0.3) is 0 Å². The number of nitrogens with zero attached hydrogens (tertiary/aromatic N) is 1. The largest absolute Gasteiger partial charge is 0.313 e. The molecule has 2 aromatic rings. The Balaban J connectivity index is 2.10. The van der Waals surface area contributed by atoms with E-state index in [1.54, 1.807) is 11.3 Å². The van der Waals surface area contributed by atoms with Crippen LogP contribution < -0.4 is 5.32 Å². The molecule has 2 nitrogen and oxygen atoms in total. The fourth-order valence-corrected chi connectivity index (χ4v) is 2.81. The number of likely N-dealkylation sites (N-methyl/N-ethyl adjacent to an activating group) is 1. The normalized spacial score (nSPS) is 12.9. The van der Waals surface area contributed by atoms with E-state index in [9.17, 15) is 0 Å². The van der Waals surface area contributed by atoms with Crippen molar-refractivity contribution in [3.63, 3.8) is 0 Å². The van der Waals surface area contributed by atoms with E-state index >= 15 is 0 Å². The molecule has 0 amide bonds. The summed E-state index contributed by atoms with van der Waals surface area (Å²) in [5, 5.41) is 6.78. The number of rotatable bonds is 5. The molecule has 0 bridgehead atoms. The lowest BCUT2D eigenvalue weighted by Gasteiger charge is -2.15. The average Bonchev–Trinajstić information content (AvgIpc) is 2.86. The smallest absolute Gasteiger partial charge is 0.0953 e. The third-order valence-electron chi connectivity index (χ3n) is 3.03. The summed E-state index contributed by atoms with van der Waals surface area (Å²) in [6.45, 7) is 4.38. The topological polar surface area (TPSA) is 24.9 Å². The van der Waals surface area contributed by atoms with Gasteiger partial charge in [-0.25, -0.2) is 4.98 Å². The Morgan fingerprint density at radius 1 is 1.22 bits per heavy atom. The van der Waals surface area contributed by atoms with Gasteiger partial charge < -0.3 is 5.32 Å². The van der Waals surface area contributed by atoms with Crippen molar-refractivity contribution in [2.75, 3.05) is 7.05 Å². The van der Waals surface area contributed by atoms with E-state index in [2.05, 4.69) is 54.9 Å². The number of hydrogen-bond acceptors (Lipinski definition) is 3. The Kier molecular flexibility index (Phi) is 4.50. The van der Waals surface area contributed by atoms with Crippen LogP contribution in [0.1, 0.15) is 42.1 Å². The highest BCUT2D eigenvalue weighted by molar-refractivity contribution is 7.09. The molecule has 0 radical (unpaired) electrons. The maximum Gasteiger partial charge on any atom is 0.0953 e. The van der Waals surface area contributed by atoms with Gasteiger partial charge in [-0.1, -0.05) is 44.2 Å². The Morgan fingerprint density at radius 3 is 2.50 bits per heavy atom. The quantitative estimate of drug-likeness (QED) is 0.885. The number of hydrogen-bond donors (Lipinski definition) is 1. The van der Waals surface area contributed by atoms with E-state index in [0.717, 1.165) is 6.42 Å². The fraction of sp³-hybridized carbons (Fsp3) is 0.400. The van der Waals surface area contributed by atoms with Crippen LogP contribution in [0.15, 0.2) is 35.7 Å². The molecule has 2 rings (SSSR count). The van der Waals surface area contributed by atoms with Gasteiger partial charge >= 0.3 is 0 Å². The van der Waals surface area contributed by atoms with Crippen LogP contribution in [0.2, 0.25) is 0 Å². The molecule has 0 aliphatic heterocycles. The van der Waals surface area contributed by atoms with E-state index < -0.39 is 0 Å². The molecule has 1 aromatic heterocycles. The first-order valence-electron chi connectivity index (χ1n) is 6.37. The second kappa shape index (κ2) is 6.12. The summed E-state index contributed by atoms with van der Waals surface area (Å²) < 4.78 is 0. The number of nitrogens with one attached hydrogen (secondary N) is 1. The number of benzene rings is 1. The van der Waals surface area contributed by atoms with Gasteiger partial charge in [0.05, 0.1) is 10.7 Å². The average molecular weight is 260 g/mol. The zero-order valence-electron chi connectivity index (χ0n) is 11.2. The molecule has 1 N–H and O–H groups in total. The molecule has 1 atom stereocenters. The van der Waals surface area contributed by atoms with Crippen LogP contribution in [-0.2, 0) is 6.42 Å². The molecule has 18 heavy (non-hydrogen) atoms. The molecule has 0 spiro atoms. The predicted molar refractivity (Wildman–Crippen MR) is 78.1 cm³/mol. The van der Waals surface area contributed by atoms with Gasteiger partial charge in [-0.3, -0.25) is 0 Å². The summed E-state index contributed by atoms with van der Waals surface area (Å²) in [7, 11) is 2.01. The van der Waals surface area contributed by atoms with Crippen molar-refractivity contribution in [3.8, 4) is 0 Å². The first-order valence-corrected chi connectivity index (χ1v) is 7.25. The van der Waals surface area contributed by atoms with Gasteiger partial charge in [-0.2, -0.15) is 0 Å². The molecule has 1 heterocycles. The molecule has 96 valence electrons. The zero-order valence-corrected chi connectivity index (χ0v) is 12.0. The van der Waals surface area contributed by atoms with Gasteiger partial charge in [0.1, 0.15) is 0 Å². The van der Waals surface area contributed by atoms with Gasteiger partial charge in [-0.15, -0.1) is 11.3 Å². The summed E-state index contributed by atoms with van der Waals surface area (Å²) in [4.78, 5) is 4.70. The van der Waals surface area contributed by atoms with Crippen LogP contribution >= 0.6 is 11.3 Å². The highest BCUT2D eigenvalue weighted by atomic mass is 32.1. The van der Waals surface area contributed by atoms with Crippen molar-refractivity contribution < 1.29 is 0 Å². The predicted octanol–water partition coefficient (Wildman–Crippen LogP) is 3.77.